The van der Waals surface area contributed by atoms with Crippen LogP contribution in [0.2, 0.25) is 0 Å². The van der Waals surface area contributed by atoms with Crippen molar-refractivity contribution in [1.29, 1.82) is 0 Å². The number of hydrogen-bond donors (Lipinski definition) is 1. The van der Waals surface area contributed by atoms with Gasteiger partial charge in [-0.05, 0) is 38.0 Å². The Morgan fingerprint density at radius 3 is 2.90 bits per heavy atom. The van der Waals surface area contributed by atoms with Crippen LogP contribution in [0.15, 0.2) is 29.8 Å². The summed E-state index contributed by atoms with van der Waals surface area (Å²) in [6, 6.07) is 5.80. The Balaban J connectivity index is 2.04. The van der Waals surface area contributed by atoms with Gasteiger partial charge in [0.25, 0.3) is 5.91 Å². The summed E-state index contributed by atoms with van der Waals surface area (Å²) in [5, 5.41) is 3.22. The molecule has 21 heavy (non-hydrogen) atoms. The van der Waals surface area contributed by atoms with Crippen LogP contribution in [-0.4, -0.2) is 48.6 Å². The molecule has 0 radical (unpaired) electrons. The normalized spacial score (nSPS) is 15.0. The lowest BCUT2D eigenvalue weighted by molar-refractivity contribution is 0.0759. The summed E-state index contributed by atoms with van der Waals surface area (Å²) in [5.41, 5.74) is 1.74. The highest BCUT2D eigenvalue weighted by Gasteiger charge is 2.19. The number of rotatable bonds is 5. The summed E-state index contributed by atoms with van der Waals surface area (Å²) in [6.07, 6.45) is 2.94. The molecule has 0 bridgehead atoms. The van der Waals surface area contributed by atoms with Crippen LogP contribution in [0.25, 0.3) is 0 Å². The summed E-state index contributed by atoms with van der Waals surface area (Å²) in [6.45, 7) is 6.08. The van der Waals surface area contributed by atoms with Gasteiger partial charge in [-0.15, -0.1) is 0 Å². The molecule has 2 rings (SSSR count). The second-order valence-electron chi connectivity index (χ2n) is 5.50. The molecule has 0 saturated carbocycles. The van der Waals surface area contributed by atoms with Gasteiger partial charge < -0.3 is 15.0 Å². The lowest BCUT2D eigenvalue weighted by Gasteiger charge is -2.26. The molecule has 2 heterocycles. The van der Waals surface area contributed by atoms with Gasteiger partial charge in [-0.1, -0.05) is 12.1 Å². The van der Waals surface area contributed by atoms with Crippen molar-refractivity contribution in [3.8, 4) is 0 Å². The lowest BCUT2D eigenvalue weighted by atomic mass is 10.1. The van der Waals surface area contributed by atoms with E-state index in [0.29, 0.717) is 18.8 Å². The molecule has 1 amide bonds. The standard InChI is InChI=1S/C16H23N3O2/c1-12(2)17-15-6-4-5-14(18-15)16(20)19-9-7-13(8-10-19)11-21-3/h4-7,12H,8-11H2,1-3H3,(H,17,18). The minimum Gasteiger partial charge on any atom is -0.380 e. The van der Waals surface area contributed by atoms with Gasteiger partial charge in [0, 0.05) is 26.2 Å². The first kappa shape index (κ1) is 15.5. The van der Waals surface area contributed by atoms with Crippen molar-refractivity contribution in [2.24, 2.45) is 0 Å². The van der Waals surface area contributed by atoms with Crippen LogP contribution in [0.4, 0.5) is 5.82 Å². The zero-order valence-electron chi connectivity index (χ0n) is 12.9. The number of carbonyl (C=O) groups excluding carboxylic acids is 1. The number of amides is 1. The van der Waals surface area contributed by atoms with E-state index in [4.69, 9.17) is 4.74 Å². The molecule has 1 aromatic heterocycles. The quantitative estimate of drug-likeness (QED) is 0.845. The van der Waals surface area contributed by atoms with E-state index >= 15 is 0 Å². The molecule has 1 aliphatic heterocycles. The maximum Gasteiger partial charge on any atom is 0.272 e. The molecule has 0 saturated heterocycles. The van der Waals surface area contributed by atoms with Crippen molar-refractivity contribution in [3.63, 3.8) is 0 Å². The van der Waals surface area contributed by atoms with Crippen molar-refractivity contribution in [2.45, 2.75) is 26.3 Å². The average molecular weight is 289 g/mol. The van der Waals surface area contributed by atoms with E-state index in [0.717, 1.165) is 18.8 Å². The molecule has 5 nitrogen and oxygen atoms in total. The molecule has 0 aromatic carbocycles. The van der Waals surface area contributed by atoms with Gasteiger partial charge in [0.15, 0.2) is 0 Å². The third-order valence-corrected chi connectivity index (χ3v) is 3.32. The van der Waals surface area contributed by atoms with Crippen LogP contribution >= 0.6 is 0 Å². The Morgan fingerprint density at radius 1 is 1.48 bits per heavy atom. The molecule has 1 aliphatic rings. The first-order valence-electron chi connectivity index (χ1n) is 7.30. The number of aromatic nitrogens is 1. The fraction of sp³-hybridized carbons (Fsp3) is 0.500. The van der Waals surface area contributed by atoms with Gasteiger partial charge in [-0.25, -0.2) is 4.98 Å². The van der Waals surface area contributed by atoms with E-state index in [9.17, 15) is 4.79 Å². The maximum atomic E-state index is 12.5. The molecule has 0 aliphatic carbocycles. The summed E-state index contributed by atoms with van der Waals surface area (Å²) < 4.78 is 5.12. The number of pyridine rings is 1. The maximum absolute atomic E-state index is 12.5. The van der Waals surface area contributed by atoms with Gasteiger partial charge in [-0.3, -0.25) is 4.79 Å². The lowest BCUT2D eigenvalue weighted by Crippen LogP contribution is -2.35. The highest BCUT2D eigenvalue weighted by atomic mass is 16.5. The minimum absolute atomic E-state index is 0.0184. The van der Waals surface area contributed by atoms with Crippen molar-refractivity contribution < 1.29 is 9.53 Å². The van der Waals surface area contributed by atoms with E-state index in [-0.39, 0.29) is 11.9 Å². The molecule has 0 unspecified atom stereocenters. The van der Waals surface area contributed by atoms with Crippen LogP contribution in [-0.2, 0) is 4.74 Å². The van der Waals surface area contributed by atoms with Crippen LogP contribution in [0.1, 0.15) is 30.8 Å². The number of methoxy groups -OCH3 is 1. The highest BCUT2D eigenvalue weighted by molar-refractivity contribution is 5.92. The van der Waals surface area contributed by atoms with Crippen molar-refractivity contribution in [2.75, 3.05) is 32.1 Å². The third kappa shape index (κ3) is 4.29. The molecular weight excluding hydrogens is 266 g/mol. The van der Waals surface area contributed by atoms with Crippen molar-refractivity contribution in [3.05, 3.63) is 35.5 Å². The fourth-order valence-electron chi connectivity index (χ4n) is 2.30. The Labute approximate surface area is 126 Å². The topological polar surface area (TPSA) is 54.5 Å². The number of carbonyl (C=O) groups is 1. The Bertz CT molecular complexity index is 526. The van der Waals surface area contributed by atoms with Crippen LogP contribution in [0.5, 0.6) is 0 Å². The van der Waals surface area contributed by atoms with Gasteiger partial charge in [0.1, 0.15) is 11.5 Å². The predicted octanol–water partition coefficient (Wildman–Crippen LogP) is 2.32. The highest BCUT2D eigenvalue weighted by Crippen LogP contribution is 2.14. The van der Waals surface area contributed by atoms with E-state index in [2.05, 4.69) is 16.4 Å². The van der Waals surface area contributed by atoms with E-state index in [1.807, 2.05) is 30.9 Å². The summed E-state index contributed by atoms with van der Waals surface area (Å²) in [5.74, 6) is 0.721. The first-order valence-corrected chi connectivity index (χ1v) is 7.30. The van der Waals surface area contributed by atoms with Gasteiger partial charge in [0.05, 0.1) is 6.61 Å². The molecule has 1 aromatic rings. The molecule has 0 spiro atoms. The number of anilines is 1. The fourth-order valence-corrected chi connectivity index (χ4v) is 2.30. The summed E-state index contributed by atoms with van der Waals surface area (Å²) >= 11 is 0. The van der Waals surface area contributed by atoms with E-state index < -0.39 is 0 Å². The average Bonchev–Trinajstić information content (AvgIpc) is 2.47. The van der Waals surface area contributed by atoms with Crippen LogP contribution < -0.4 is 5.32 Å². The molecular formula is C16H23N3O2. The van der Waals surface area contributed by atoms with Gasteiger partial charge in [-0.2, -0.15) is 0 Å². The van der Waals surface area contributed by atoms with E-state index in [1.54, 1.807) is 13.2 Å². The van der Waals surface area contributed by atoms with Crippen molar-refractivity contribution >= 4 is 11.7 Å². The van der Waals surface area contributed by atoms with Gasteiger partial charge in [0.2, 0.25) is 0 Å². The smallest absolute Gasteiger partial charge is 0.272 e. The number of nitrogens with one attached hydrogen (secondary N) is 1. The van der Waals surface area contributed by atoms with Gasteiger partial charge >= 0.3 is 0 Å². The SMILES string of the molecule is COCC1=CCN(C(=O)c2cccc(NC(C)C)n2)CC1. The van der Waals surface area contributed by atoms with Crippen LogP contribution in [0.3, 0.4) is 0 Å². The number of ether oxygens (including phenoxy) is 1. The largest absolute Gasteiger partial charge is 0.380 e. The van der Waals surface area contributed by atoms with E-state index in [1.165, 1.54) is 5.57 Å². The number of nitrogens with zero attached hydrogens (tertiary/aromatic N) is 2. The molecule has 1 N–H and O–H groups in total. The number of hydrogen-bond acceptors (Lipinski definition) is 4. The zero-order chi connectivity index (χ0) is 15.2. The van der Waals surface area contributed by atoms with Crippen molar-refractivity contribution in [1.82, 2.24) is 9.88 Å². The second kappa shape index (κ2) is 7.22. The summed E-state index contributed by atoms with van der Waals surface area (Å²) in [4.78, 5) is 18.7. The predicted molar refractivity (Wildman–Crippen MR) is 83.5 cm³/mol. The molecule has 0 atom stereocenters. The molecule has 114 valence electrons. The Kier molecular flexibility index (Phi) is 5.33. The van der Waals surface area contributed by atoms with Crippen LogP contribution in [0, 0.1) is 0 Å². The zero-order valence-corrected chi connectivity index (χ0v) is 12.9. The minimum atomic E-state index is -0.0184. The Hall–Kier alpha value is -1.88. The molecule has 5 heteroatoms. The molecule has 0 fully saturated rings. The first-order chi connectivity index (χ1) is 10.1. The second-order valence-corrected chi connectivity index (χ2v) is 5.50. The summed E-state index contributed by atoms with van der Waals surface area (Å²) in [7, 11) is 1.69. The monoisotopic (exact) mass is 289 g/mol. The third-order valence-electron chi connectivity index (χ3n) is 3.32. The Morgan fingerprint density at radius 2 is 2.29 bits per heavy atom.